The molecule has 0 atom stereocenters. The van der Waals surface area contributed by atoms with Crippen LogP contribution in [-0.2, 0) is 0 Å². The van der Waals surface area contributed by atoms with E-state index in [4.69, 9.17) is 5.11 Å². The lowest BCUT2D eigenvalue weighted by Crippen LogP contribution is -2.36. The summed E-state index contributed by atoms with van der Waals surface area (Å²) in [5.74, 6) is 0.240. The SMILES string of the molecule is CCN/C(CN(C)CO)=N\[N+](=O)[O-]. The third-order valence-corrected chi connectivity index (χ3v) is 1.24. The molecule has 0 bridgehead atoms. The molecule has 0 aliphatic heterocycles. The minimum atomic E-state index is -0.761. The molecule has 0 aliphatic rings. The molecular formula is C6H14N4O3. The van der Waals surface area contributed by atoms with Crippen LogP contribution in [0.25, 0.3) is 0 Å². The molecular weight excluding hydrogens is 176 g/mol. The molecule has 7 nitrogen and oxygen atoms in total. The maximum absolute atomic E-state index is 10.1. The van der Waals surface area contributed by atoms with Gasteiger partial charge in [0.25, 0.3) is 0 Å². The Morgan fingerprint density at radius 1 is 1.77 bits per heavy atom. The molecule has 0 saturated heterocycles. The molecule has 0 saturated carbocycles. The number of hydrogen-bond donors (Lipinski definition) is 2. The molecule has 13 heavy (non-hydrogen) atoms. The molecule has 76 valence electrons. The van der Waals surface area contributed by atoms with E-state index in [2.05, 4.69) is 10.4 Å². The third-order valence-electron chi connectivity index (χ3n) is 1.24. The summed E-state index contributed by atoms with van der Waals surface area (Å²) < 4.78 is 0. The van der Waals surface area contributed by atoms with Gasteiger partial charge in [0.2, 0.25) is 0 Å². The molecule has 0 fully saturated rings. The number of aliphatic hydroxyl groups excluding tert-OH is 1. The van der Waals surface area contributed by atoms with Crippen molar-refractivity contribution in [1.82, 2.24) is 10.2 Å². The van der Waals surface area contributed by atoms with Gasteiger partial charge >= 0.3 is 0 Å². The number of aliphatic hydroxyl groups is 1. The largest absolute Gasteiger partial charge is 0.381 e. The fourth-order valence-corrected chi connectivity index (χ4v) is 0.731. The molecule has 0 aromatic carbocycles. The number of rotatable bonds is 5. The predicted octanol–water partition coefficient (Wildman–Crippen LogP) is -0.932. The van der Waals surface area contributed by atoms with Crippen molar-refractivity contribution in [2.24, 2.45) is 5.10 Å². The van der Waals surface area contributed by atoms with Crippen LogP contribution in [0, 0.1) is 10.1 Å². The van der Waals surface area contributed by atoms with Crippen LogP contribution >= 0.6 is 0 Å². The molecule has 0 aromatic rings. The van der Waals surface area contributed by atoms with E-state index >= 15 is 0 Å². The number of hydrazone groups is 1. The van der Waals surface area contributed by atoms with Crippen molar-refractivity contribution in [3.8, 4) is 0 Å². The van der Waals surface area contributed by atoms with Crippen LogP contribution in [0.3, 0.4) is 0 Å². The minimum Gasteiger partial charge on any atom is -0.381 e. The van der Waals surface area contributed by atoms with Gasteiger partial charge in [-0.25, -0.2) is 10.1 Å². The fourth-order valence-electron chi connectivity index (χ4n) is 0.731. The lowest BCUT2D eigenvalue weighted by molar-refractivity contribution is -0.485. The van der Waals surface area contributed by atoms with Crippen molar-refractivity contribution in [3.63, 3.8) is 0 Å². The normalized spacial score (nSPS) is 11.8. The van der Waals surface area contributed by atoms with Crippen molar-refractivity contribution in [2.45, 2.75) is 6.92 Å². The summed E-state index contributed by atoms with van der Waals surface area (Å²) in [4.78, 5) is 11.5. The fraction of sp³-hybridized carbons (Fsp3) is 0.833. The van der Waals surface area contributed by atoms with Crippen LogP contribution in [0.4, 0.5) is 0 Å². The van der Waals surface area contributed by atoms with Crippen molar-refractivity contribution in [2.75, 3.05) is 26.9 Å². The van der Waals surface area contributed by atoms with E-state index in [9.17, 15) is 10.1 Å². The van der Waals surface area contributed by atoms with Crippen molar-refractivity contribution >= 4 is 5.84 Å². The zero-order valence-corrected chi connectivity index (χ0v) is 7.73. The number of nitrogens with zero attached hydrogens (tertiary/aromatic N) is 3. The lowest BCUT2D eigenvalue weighted by Gasteiger charge is -2.12. The van der Waals surface area contributed by atoms with E-state index in [1.807, 2.05) is 6.92 Å². The number of likely N-dealkylation sites (N-methyl/N-ethyl adjacent to an activating group) is 2. The maximum atomic E-state index is 10.1. The topological polar surface area (TPSA) is 91.0 Å². The van der Waals surface area contributed by atoms with Gasteiger partial charge in [0.05, 0.1) is 18.4 Å². The van der Waals surface area contributed by atoms with E-state index in [-0.39, 0.29) is 19.1 Å². The first-order chi connectivity index (χ1) is 6.10. The lowest BCUT2D eigenvalue weighted by atomic mass is 10.5. The second-order valence-electron chi connectivity index (χ2n) is 2.47. The highest BCUT2D eigenvalue weighted by molar-refractivity contribution is 5.83. The van der Waals surface area contributed by atoms with Gasteiger partial charge in [0, 0.05) is 6.54 Å². The average Bonchev–Trinajstić information content (AvgIpc) is 2.03. The van der Waals surface area contributed by atoms with E-state index < -0.39 is 5.03 Å². The van der Waals surface area contributed by atoms with Gasteiger partial charge in [-0.05, 0) is 14.0 Å². The molecule has 2 N–H and O–H groups in total. The Morgan fingerprint density at radius 2 is 2.38 bits per heavy atom. The summed E-state index contributed by atoms with van der Waals surface area (Å²) in [6, 6.07) is 0. The Bertz CT molecular complexity index is 194. The Kier molecular flexibility index (Phi) is 5.73. The summed E-state index contributed by atoms with van der Waals surface area (Å²) in [5.41, 5.74) is 0. The quantitative estimate of drug-likeness (QED) is 0.192. The Labute approximate surface area is 76.2 Å². The monoisotopic (exact) mass is 190 g/mol. The molecule has 0 radical (unpaired) electrons. The van der Waals surface area contributed by atoms with Gasteiger partial charge in [-0.3, -0.25) is 4.90 Å². The number of nitrogens with one attached hydrogen (secondary N) is 1. The minimum absolute atomic E-state index is 0.165. The first kappa shape index (κ1) is 11.8. The molecule has 0 aromatic heterocycles. The van der Waals surface area contributed by atoms with E-state index in [0.29, 0.717) is 6.54 Å². The van der Waals surface area contributed by atoms with Gasteiger partial charge in [-0.15, -0.1) is 0 Å². The van der Waals surface area contributed by atoms with E-state index in [0.717, 1.165) is 0 Å². The second-order valence-corrected chi connectivity index (χ2v) is 2.47. The molecule has 0 spiro atoms. The molecule has 0 rings (SSSR count). The summed E-state index contributed by atoms with van der Waals surface area (Å²) in [6.07, 6.45) is 0. The zero-order valence-electron chi connectivity index (χ0n) is 7.73. The molecule has 0 unspecified atom stereocenters. The van der Waals surface area contributed by atoms with Crippen molar-refractivity contribution in [1.29, 1.82) is 0 Å². The number of hydrogen-bond acceptors (Lipinski definition) is 4. The van der Waals surface area contributed by atoms with Crippen molar-refractivity contribution < 1.29 is 10.1 Å². The molecule has 0 heterocycles. The average molecular weight is 190 g/mol. The van der Waals surface area contributed by atoms with Crippen LogP contribution in [0.2, 0.25) is 0 Å². The molecule has 0 amide bonds. The van der Waals surface area contributed by atoms with Crippen LogP contribution < -0.4 is 5.32 Å². The van der Waals surface area contributed by atoms with Crippen molar-refractivity contribution in [3.05, 3.63) is 10.1 Å². The van der Waals surface area contributed by atoms with Gasteiger partial charge in [-0.1, -0.05) is 0 Å². The molecule has 0 aliphatic carbocycles. The summed E-state index contributed by atoms with van der Waals surface area (Å²) in [7, 11) is 1.63. The number of amidine groups is 1. The first-order valence-electron chi connectivity index (χ1n) is 3.85. The Morgan fingerprint density at radius 3 is 2.77 bits per heavy atom. The Balaban J connectivity index is 4.16. The first-order valence-corrected chi connectivity index (χ1v) is 3.85. The van der Waals surface area contributed by atoms with Gasteiger partial charge in [-0.2, -0.15) is 0 Å². The third kappa shape index (κ3) is 6.00. The van der Waals surface area contributed by atoms with E-state index in [1.165, 1.54) is 4.90 Å². The summed E-state index contributed by atoms with van der Waals surface area (Å²) >= 11 is 0. The highest BCUT2D eigenvalue weighted by atomic mass is 16.7. The Hall–Kier alpha value is -1.21. The smallest absolute Gasteiger partial charge is 0.192 e. The zero-order chi connectivity index (χ0) is 10.3. The summed E-state index contributed by atoms with van der Waals surface area (Å²) in [6.45, 7) is 2.44. The molecule has 7 heteroatoms. The van der Waals surface area contributed by atoms with Crippen LogP contribution in [-0.4, -0.2) is 47.7 Å². The van der Waals surface area contributed by atoms with Crippen LogP contribution in [0.5, 0.6) is 0 Å². The van der Waals surface area contributed by atoms with E-state index in [1.54, 1.807) is 7.05 Å². The maximum Gasteiger partial charge on any atom is 0.192 e. The standard InChI is InChI=1S/C6H14N4O3/c1-3-7-6(8-10(12)13)4-9(2)5-11/h11H,3-5H2,1-2H3,(H,7,8). The van der Waals surface area contributed by atoms with Crippen LogP contribution in [0.1, 0.15) is 6.92 Å². The highest BCUT2D eigenvalue weighted by Crippen LogP contribution is 1.83. The predicted molar refractivity (Wildman–Crippen MR) is 47.8 cm³/mol. The van der Waals surface area contributed by atoms with Gasteiger partial charge in [0.1, 0.15) is 0 Å². The number of nitro groups is 1. The van der Waals surface area contributed by atoms with Gasteiger partial charge in [0.15, 0.2) is 10.9 Å². The second kappa shape index (κ2) is 6.32. The highest BCUT2D eigenvalue weighted by Gasteiger charge is 2.06. The summed E-state index contributed by atoms with van der Waals surface area (Å²) in [5, 5.41) is 23.8. The van der Waals surface area contributed by atoms with Crippen LogP contribution in [0.15, 0.2) is 5.10 Å². The van der Waals surface area contributed by atoms with Gasteiger partial charge < -0.3 is 10.4 Å².